The van der Waals surface area contributed by atoms with E-state index in [-0.39, 0.29) is 5.91 Å². The SMILES string of the molecule is O=C(NCc1ccccc1C[NH+]1CCCC1)c1ccc2c(c1)CCC2. The van der Waals surface area contributed by atoms with Crippen LogP contribution in [0.25, 0.3) is 0 Å². The van der Waals surface area contributed by atoms with Crippen LogP contribution in [0.3, 0.4) is 0 Å². The Hall–Kier alpha value is -2.13. The third kappa shape index (κ3) is 3.77. The fourth-order valence-corrected chi connectivity index (χ4v) is 4.21. The molecule has 0 spiro atoms. The lowest BCUT2D eigenvalue weighted by molar-refractivity contribution is -0.901. The van der Waals surface area contributed by atoms with Crippen molar-refractivity contribution in [1.82, 2.24) is 5.32 Å². The minimum Gasteiger partial charge on any atom is -0.348 e. The van der Waals surface area contributed by atoms with E-state index in [2.05, 4.69) is 41.7 Å². The molecule has 0 unspecified atom stereocenters. The van der Waals surface area contributed by atoms with E-state index < -0.39 is 0 Å². The zero-order valence-corrected chi connectivity index (χ0v) is 14.8. The van der Waals surface area contributed by atoms with Gasteiger partial charge >= 0.3 is 0 Å². The van der Waals surface area contributed by atoms with E-state index in [1.54, 1.807) is 4.90 Å². The Labute approximate surface area is 150 Å². The molecule has 1 aliphatic heterocycles. The smallest absolute Gasteiger partial charge is 0.251 e. The van der Waals surface area contributed by atoms with Crippen LogP contribution in [0.1, 0.15) is 51.9 Å². The Kier molecular flexibility index (Phi) is 4.84. The molecule has 0 atom stereocenters. The molecule has 2 aromatic carbocycles. The lowest BCUT2D eigenvalue weighted by atomic mass is 10.0. The van der Waals surface area contributed by atoms with Gasteiger partial charge in [0.1, 0.15) is 6.54 Å². The molecule has 1 fully saturated rings. The van der Waals surface area contributed by atoms with Crippen LogP contribution >= 0.6 is 0 Å². The van der Waals surface area contributed by atoms with Crippen molar-refractivity contribution in [3.8, 4) is 0 Å². The molecule has 2 aliphatic rings. The number of fused-ring (bicyclic) bond motifs is 1. The van der Waals surface area contributed by atoms with E-state index in [0.29, 0.717) is 6.54 Å². The van der Waals surface area contributed by atoms with Crippen molar-refractivity contribution in [3.05, 3.63) is 70.3 Å². The third-order valence-electron chi connectivity index (χ3n) is 5.67. The van der Waals surface area contributed by atoms with Gasteiger partial charge in [-0.1, -0.05) is 30.3 Å². The lowest BCUT2D eigenvalue weighted by Crippen LogP contribution is -3.08. The average molecular weight is 335 g/mol. The van der Waals surface area contributed by atoms with Crippen molar-refractivity contribution in [3.63, 3.8) is 0 Å². The molecule has 4 rings (SSSR count). The molecule has 1 amide bonds. The highest BCUT2D eigenvalue weighted by Gasteiger charge is 2.18. The summed E-state index contributed by atoms with van der Waals surface area (Å²) in [5.74, 6) is 0.0398. The Morgan fingerprint density at radius 3 is 2.52 bits per heavy atom. The van der Waals surface area contributed by atoms with Crippen molar-refractivity contribution >= 4 is 5.91 Å². The summed E-state index contributed by atoms with van der Waals surface area (Å²) in [5.41, 5.74) is 6.18. The van der Waals surface area contributed by atoms with Gasteiger partial charge in [0.2, 0.25) is 0 Å². The maximum absolute atomic E-state index is 12.6. The Balaban J connectivity index is 1.41. The maximum atomic E-state index is 12.6. The molecule has 25 heavy (non-hydrogen) atoms. The minimum atomic E-state index is 0.0398. The van der Waals surface area contributed by atoms with Crippen LogP contribution in [0.2, 0.25) is 0 Å². The highest BCUT2D eigenvalue weighted by atomic mass is 16.1. The number of hydrogen-bond donors (Lipinski definition) is 2. The molecule has 3 nitrogen and oxygen atoms in total. The molecule has 0 bridgehead atoms. The second-order valence-corrected chi connectivity index (χ2v) is 7.42. The van der Waals surface area contributed by atoms with Crippen molar-refractivity contribution in [2.24, 2.45) is 0 Å². The predicted octanol–water partition coefficient (Wildman–Crippen LogP) is 2.28. The molecule has 3 heteroatoms. The number of benzene rings is 2. The zero-order chi connectivity index (χ0) is 17.1. The summed E-state index contributed by atoms with van der Waals surface area (Å²) >= 11 is 0. The van der Waals surface area contributed by atoms with Crippen molar-refractivity contribution in [1.29, 1.82) is 0 Å². The van der Waals surface area contributed by atoms with Gasteiger partial charge in [0.05, 0.1) is 13.1 Å². The van der Waals surface area contributed by atoms with E-state index in [9.17, 15) is 4.79 Å². The summed E-state index contributed by atoms with van der Waals surface area (Å²) in [6, 6.07) is 14.7. The van der Waals surface area contributed by atoms with Gasteiger partial charge in [0.15, 0.2) is 0 Å². The van der Waals surface area contributed by atoms with Crippen LogP contribution in [0.4, 0.5) is 0 Å². The van der Waals surface area contributed by atoms with E-state index in [1.165, 1.54) is 54.6 Å². The Morgan fingerprint density at radius 2 is 1.68 bits per heavy atom. The summed E-state index contributed by atoms with van der Waals surface area (Å²) < 4.78 is 0. The lowest BCUT2D eigenvalue weighted by Gasteiger charge is -2.15. The quantitative estimate of drug-likeness (QED) is 0.864. The normalized spacial score (nSPS) is 16.8. The standard InChI is InChI=1S/C22H26N2O/c25-22(19-11-10-17-8-5-9-18(17)14-19)23-15-20-6-1-2-7-21(20)16-24-12-3-4-13-24/h1-2,6-7,10-11,14H,3-5,8-9,12-13,15-16H2,(H,23,25)/p+1. The van der Waals surface area contributed by atoms with Gasteiger partial charge in [-0.2, -0.15) is 0 Å². The van der Waals surface area contributed by atoms with Gasteiger partial charge in [-0.25, -0.2) is 0 Å². The first-order chi connectivity index (χ1) is 12.3. The van der Waals surface area contributed by atoms with E-state index in [1.807, 2.05) is 6.07 Å². The van der Waals surface area contributed by atoms with Gasteiger partial charge in [-0.05, 0) is 48.1 Å². The first-order valence-corrected chi connectivity index (χ1v) is 9.60. The number of aryl methyl sites for hydroxylation is 2. The number of quaternary nitrogens is 1. The van der Waals surface area contributed by atoms with Crippen LogP contribution in [-0.2, 0) is 25.9 Å². The molecule has 2 aromatic rings. The van der Waals surface area contributed by atoms with Gasteiger partial charge in [-0.15, -0.1) is 0 Å². The van der Waals surface area contributed by atoms with Gasteiger partial charge in [0.25, 0.3) is 5.91 Å². The maximum Gasteiger partial charge on any atom is 0.251 e. The monoisotopic (exact) mass is 335 g/mol. The summed E-state index contributed by atoms with van der Waals surface area (Å²) in [6.45, 7) is 4.23. The number of carbonyl (C=O) groups excluding carboxylic acids is 1. The molecular formula is C22H27N2O+. The summed E-state index contributed by atoms with van der Waals surface area (Å²) in [6.07, 6.45) is 6.16. The fraction of sp³-hybridized carbons (Fsp3) is 0.409. The molecule has 0 saturated carbocycles. The first kappa shape index (κ1) is 16.3. The minimum absolute atomic E-state index is 0.0398. The topological polar surface area (TPSA) is 33.5 Å². The summed E-state index contributed by atoms with van der Waals surface area (Å²) in [4.78, 5) is 14.2. The number of hydrogen-bond acceptors (Lipinski definition) is 1. The third-order valence-corrected chi connectivity index (χ3v) is 5.67. The van der Waals surface area contributed by atoms with Crippen molar-refractivity contribution in [2.45, 2.75) is 45.2 Å². The largest absolute Gasteiger partial charge is 0.348 e. The van der Waals surface area contributed by atoms with Crippen molar-refractivity contribution in [2.75, 3.05) is 13.1 Å². The zero-order valence-electron chi connectivity index (χ0n) is 14.8. The van der Waals surface area contributed by atoms with Crippen LogP contribution in [-0.4, -0.2) is 19.0 Å². The molecule has 0 aromatic heterocycles. The summed E-state index contributed by atoms with van der Waals surface area (Å²) in [7, 11) is 0. The van der Waals surface area contributed by atoms with Crippen LogP contribution in [0.5, 0.6) is 0 Å². The number of rotatable bonds is 5. The van der Waals surface area contributed by atoms with E-state index in [4.69, 9.17) is 0 Å². The average Bonchev–Trinajstić information content (AvgIpc) is 3.31. The van der Waals surface area contributed by atoms with Crippen LogP contribution < -0.4 is 10.2 Å². The van der Waals surface area contributed by atoms with E-state index in [0.717, 1.165) is 24.9 Å². The number of amides is 1. The first-order valence-electron chi connectivity index (χ1n) is 9.60. The van der Waals surface area contributed by atoms with Gasteiger partial charge in [-0.3, -0.25) is 4.79 Å². The number of likely N-dealkylation sites (tertiary alicyclic amines) is 1. The number of carbonyl (C=O) groups is 1. The van der Waals surface area contributed by atoms with E-state index >= 15 is 0 Å². The molecule has 130 valence electrons. The molecule has 1 saturated heterocycles. The van der Waals surface area contributed by atoms with Crippen LogP contribution in [0, 0.1) is 0 Å². The summed E-state index contributed by atoms with van der Waals surface area (Å²) in [5, 5.41) is 3.12. The highest BCUT2D eigenvalue weighted by Crippen LogP contribution is 2.22. The molecule has 1 heterocycles. The van der Waals surface area contributed by atoms with Gasteiger partial charge < -0.3 is 10.2 Å². The van der Waals surface area contributed by atoms with Crippen molar-refractivity contribution < 1.29 is 9.69 Å². The Morgan fingerprint density at radius 1 is 0.920 bits per heavy atom. The highest BCUT2D eigenvalue weighted by molar-refractivity contribution is 5.94. The fourth-order valence-electron chi connectivity index (χ4n) is 4.21. The Bertz CT molecular complexity index is 762. The second kappa shape index (κ2) is 7.40. The predicted molar refractivity (Wildman–Crippen MR) is 99.7 cm³/mol. The molecule has 2 N–H and O–H groups in total. The second-order valence-electron chi connectivity index (χ2n) is 7.42. The molecular weight excluding hydrogens is 308 g/mol. The molecule has 0 radical (unpaired) electrons. The molecule has 1 aliphatic carbocycles. The number of nitrogens with one attached hydrogen (secondary N) is 2. The van der Waals surface area contributed by atoms with Crippen LogP contribution in [0.15, 0.2) is 42.5 Å². The van der Waals surface area contributed by atoms with Gasteiger partial charge in [0, 0.05) is 30.5 Å².